The summed E-state index contributed by atoms with van der Waals surface area (Å²) in [6, 6.07) is 8.08. The molecule has 2 amide bonds. The van der Waals surface area contributed by atoms with Crippen LogP contribution < -0.4 is 4.90 Å². The summed E-state index contributed by atoms with van der Waals surface area (Å²) >= 11 is 0. The number of carboxylic acids is 1. The molecule has 148 valence electrons. The summed E-state index contributed by atoms with van der Waals surface area (Å²) in [5.74, 6) is -2.90. The molecule has 0 unspecified atom stereocenters. The highest BCUT2D eigenvalue weighted by atomic mass is 16.4. The predicted molar refractivity (Wildman–Crippen MR) is 109 cm³/mol. The maximum Gasteiger partial charge on any atom is 0.323 e. The molecule has 1 N–H and O–H groups in total. The molecule has 0 aromatic heterocycles. The van der Waals surface area contributed by atoms with Crippen molar-refractivity contribution in [2.45, 2.75) is 19.8 Å². The second kappa shape index (κ2) is 8.57. The number of anilines is 1. The minimum absolute atomic E-state index is 0.141. The van der Waals surface area contributed by atoms with Crippen molar-refractivity contribution in [3.63, 3.8) is 0 Å². The third-order valence-electron chi connectivity index (χ3n) is 5.00. The molecule has 2 aliphatic rings. The van der Waals surface area contributed by atoms with Gasteiger partial charge in [0.15, 0.2) is 0 Å². The van der Waals surface area contributed by atoms with E-state index in [1.165, 1.54) is 31.5 Å². The first-order valence-corrected chi connectivity index (χ1v) is 9.32. The van der Waals surface area contributed by atoms with E-state index in [2.05, 4.69) is 21.9 Å². The van der Waals surface area contributed by atoms with E-state index in [-0.39, 0.29) is 16.8 Å². The number of amides is 2. The lowest BCUT2D eigenvalue weighted by atomic mass is 9.98. The van der Waals surface area contributed by atoms with Crippen molar-refractivity contribution in [3.05, 3.63) is 70.2 Å². The molecule has 2 heterocycles. The first kappa shape index (κ1) is 20.1. The SMILES string of the molecule is [C-]#[N+]C1=C(C)/C(=C/C=C/c2ccc(N3CCCC3)cc2)C(=O)N(CC(=O)O)C1=O. The van der Waals surface area contributed by atoms with Crippen molar-refractivity contribution in [1.29, 1.82) is 0 Å². The van der Waals surface area contributed by atoms with Crippen LogP contribution >= 0.6 is 0 Å². The lowest BCUT2D eigenvalue weighted by molar-refractivity contribution is -0.149. The van der Waals surface area contributed by atoms with Crippen LogP contribution in [0.4, 0.5) is 5.69 Å². The van der Waals surface area contributed by atoms with Crippen molar-refractivity contribution in [1.82, 2.24) is 4.90 Å². The van der Waals surface area contributed by atoms with Gasteiger partial charge in [0.25, 0.3) is 17.5 Å². The largest absolute Gasteiger partial charge is 0.480 e. The molecule has 29 heavy (non-hydrogen) atoms. The number of hydrogen-bond acceptors (Lipinski definition) is 4. The van der Waals surface area contributed by atoms with Crippen LogP contribution in [0.3, 0.4) is 0 Å². The highest BCUT2D eigenvalue weighted by Crippen LogP contribution is 2.26. The zero-order valence-electron chi connectivity index (χ0n) is 16.1. The average molecular weight is 391 g/mol. The highest BCUT2D eigenvalue weighted by Gasteiger charge is 2.36. The standard InChI is InChI=1S/C22H21N3O4/c1-15-18(21(28)25(14-19(26)27)22(29)20(15)23-2)7-5-6-16-8-10-17(11-9-16)24-12-3-4-13-24/h5-11H,3-4,12-14H2,1H3,(H,26,27)/b6-5+,18-7-. The van der Waals surface area contributed by atoms with Crippen molar-refractivity contribution in [3.8, 4) is 0 Å². The van der Waals surface area contributed by atoms with Crippen molar-refractivity contribution in [2.24, 2.45) is 0 Å². The molecule has 0 radical (unpaired) electrons. The Morgan fingerprint density at radius 1 is 1.17 bits per heavy atom. The van der Waals surface area contributed by atoms with Gasteiger partial charge in [-0.2, -0.15) is 0 Å². The number of carbonyl (C=O) groups is 3. The van der Waals surface area contributed by atoms with Crippen LogP contribution in [-0.4, -0.2) is 47.4 Å². The Morgan fingerprint density at radius 2 is 1.83 bits per heavy atom. The Kier molecular flexibility index (Phi) is 5.93. The molecule has 3 rings (SSSR count). The minimum Gasteiger partial charge on any atom is -0.480 e. The summed E-state index contributed by atoms with van der Waals surface area (Å²) in [5, 5.41) is 8.96. The predicted octanol–water partition coefficient (Wildman–Crippen LogP) is 2.87. The molecular formula is C22H21N3O4. The molecule has 0 saturated carbocycles. The summed E-state index contributed by atoms with van der Waals surface area (Å²) < 4.78 is 0. The number of hydrogen-bond donors (Lipinski definition) is 1. The van der Waals surface area contributed by atoms with Crippen LogP contribution in [0.1, 0.15) is 25.3 Å². The minimum atomic E-state index is -1.32. The van der Waals surface area contributed by atoms with E-state index in [4.69, 9.17) is 11.7 Å². The van der Waals surface area contributed by atoms with E-state index >= 15 is 0 Å². The van der Waals surface area contributed by atoms with Crippen LogP contribution in [0.15, 0.2) is 53.3 Å². The fourth-order valence-electron chi connectivity index (χ4n) is 3.45. The molecule has 1 aromatic carbocycles. The second-order valence-electron chi connectivity index (χ2n) is 6.90. The van der Waals surface area contributed by atoms with Gasteiger partial charge in [-0.1, -0.05) is 30.4 Å². The molecule has 0 bridgehead atoms. The van der Waals surface area contributed by atoms with Gasteiger partial charge in [-0.05, 0) is 43.0 Å². The Bertz CT molecular complexity index is 974. The summed E-state index contributed by atoms with van der Waals surface area (Å²) in [7, 11) is 0. The maximum absolute atomic E-state index is 12.6. The first-order chi connectivity index (χ1) is 13.9. The number of rotatable bonds is 5. The summed E-state index contributed by atoms with van der Waals surface area (Å²) in [6.07, 6.45) is 7.42. The number of nitrogens with zero attached hydrogens (tertiary/aromatic N) is 3. The summed E-state index contributed by atoms with van der Waals surface area (Å²) in [6.45, 7) is 10.1. The molecule has 0 atom stereocenters. The average Bonchev–Trinajstić information content (AvgIpc) is 3.23. The molecule has 1 fully saturated rings. The molecule has 7 nitrogen and oxygen atoms in total. The number of benzene rings is 1. The zero-order chi connectivity index (χ0) is 21.0. The molecule has 2 aliphatic heterocycles. The highest BCUT2D eigenvalue weighted by molar-refractivity contribution is 6.18. The van der Waals surface area contributed by atoms with Crippen LogP contribution in [0, 0.1) is 6.57 Å². The van der Waals surface area contributed by atoms with Crippen LogP contribution in [0.2, 0.25) is 0 Å². The van der Waals surface area contributed by atoms with Crippen molar-refractivity contribution in [2.75, 3.05) is 24.5 Å². The van der Waals surface area contributed by atoms with Crippen LogP contribution in [0.25, 0.3) is 10.9 Å². The topological polar surface area (TPSA) is 82.3 Å². The van der Waals surface area contributed by atoms with Gasteiger partial charge in [-0.3, -0.25) is 19.3 Å². The fourth-order valence-corrected chi connectivity index (χ4v) is 3.45. The lowest BCUT2D eigenvalue weighted by Gasteiger charge is -2.26. The van der Waals surface area contributed by atoms with Crippen molar-refractivity contribution >= 4 is 29.5 Å². The second-order valence-corrected chi connectivity index (χ2v) is 6.90. The van der Waals surface area contributed by atoms with Gasteiger partial charge in [0, 0.05) is 24.4 Å². The fraction of sp³-hybridized carbons (Fsp3) is 0.273. The van der Waals surface area contributed by atoms with Crippen LogP contribution in [0.5, 0.6) is 0 Å². The quantitative estimate of drug-likeness (QED) is 0.474. The van der Waals surface area contributed by atoms with Gasteiger partial charge in [0.1, 0.15) is 6.54 Å². The van der Waals surface area contributed by atoms with E-state index in [0.717, 1.165) is 18.7 Å². The lowest BCUT2D eigenvalue weighted by Crippen LogP contribution is -2.45. The Balaban J connectivity index is 1.83. The molecular weight excluding hydrogens is 370 g/mol. The number of aliphatic carboxylic acids is 1. The third-order valence-corrected chi connectivity index (χ3v) is 5.00. The van der Waals surface area contributed by atoms with E-state index in [9.17, 15) is 14.4 Å². The Labute approximate surface area is 169 Å². The van der Waals surface area contributed by atoms with E-state index in [1.54, 1.807) is 6.08 Å². The van der Waals surface area contributed by atoms with E-state index < -0.39 is 24.3 Å². The molecule has 1 saturated heterocycles. The Morgan fingerprint density at radius 3 is 2.41 bits per heavy atom. The van der Waals surface area contributed by atoms with Gasteiger partial charge in [-0.15, -0.1) is 0 Å². The van der Waals surface area contributed by atoms with Crippen LogP contribution in [-0.2, 0) is 14.4 Å². The molecule has 1 aromatic rings. The smallest absolute Gasteiger partial charge is 0.323 e. The summed E-state index contributed by atoms with van der Waals surface area (Å²) in [5.41, 5.74) is 2.29. The van der Waals surface area contributed by atoms with Gasteiger partial charge in [0.2, 0.25) is 0 Å². The number of imide groups is 1. The van der Waals surface area contributed by atoms with Crippen molar-refractivity contribution < 1.29 is 19.5 Å². The Hall–Kier alpha value is -3.66. The van der Waals surface area contributed by atoms with Gasteiger partial charge in [0.05, 0.1) is 6.57 Å². The third kappa shape index (κ3) is 4.27. The molecule has 7 heteroatoms. The number of allylic oxidation sites excluding steroid dienone is 2. The molecule has 0 spiro atoms. The zero-order valence-corrected chi connectivity index (χ0v) is 16.1. The molecule has 0 aliphatic carbocycles. The van der Waals surface area contributed by atoms with E-state index in [1.807, 2.05) is 18.2 Å². The van der Waals surface area contributed by atoms with E-state index in [0.29, 0.717) is 4.90 Å². The van der Waals surface area contributed by atoms with Gasteiger partial charge >= 0.3 is 5.97 Å². The monoisotopic (exact) mass is 391 g/mol. The number of carboxylic acid groups (broad SMARTS) is 1. The maximum atomic E-state index is 12.6. The number of carbonyl (C=O) groups excluding carboxylic acids is 2. The van der Waals surface area contributed by atoms with Gasteiger partial charge in [-0.25, -0.2) is 4.85 Å². The normalized spacial score (nSPS) is 18.8. The summed E-state index contributed by atoms with van der Waals surface area (Å²) in [4.78, 5) is 41.9. The van der Waals surface area contributed by atoms with Gasteiger partial charge < -0.3 is 10.0 Å². The first-order valence-electron chi connectivity index (χ1n) is 9.32.